The molecular formula is C14H19ClN2O. The van der Waals surface area contributed by atoms with Gasteiger partial charge in [0.1, 0.15) is 5.15 Å². The lowest BCUT2D eigenvalue weighted by molar-refractivity contribution is 0.0635. The summed E-state index contributed by atoms with van der Waals surface area (Å²) in [5, 5.41) is 0.405. The molecule has 1 atom stereocenters. The van der Waals surface area contributed by atoms with E-state index < -0.39 is 0 Å². The molecule has 1 aromatic rings. The Bertz CT molecular complexity index is 447. The van der Waals surface area contributed by atoms with Gasteiger partial charge in [-0.05, 0) is 44.7 Å². The van der Waals surface area contributed by atoms with E-state index in [0.29, 0.717) is 16.8 Å². The van der Waals surface area contributed by atoms with E-state index in [2.05, 4.69) is 11.9 Å². The van der Waals surface area contributed by atoms with Crippen molar-refractivity contribution in [1.29, 1.82) is 0 Å². The molecule has 98 valence electrons. The Morgan fingerprint density at radius 1 is 1.50 bits per heavy atom. The largest absolute Gasteiger partial charge is 0.336 e. The van der Waals surface area contributed by atoms with E-state index in [1.165, 1.54) is 6.42 Å². The average molecular weight is 267 g/mol. The van der Waals surface area contributed by atoms with Crippen LogP contribution in [0.15, 0.2) is 12.1 Å². The van der Waals surface area contributed by atoms with E-state index in [1.54, 1.807) is 6.07 Å². The number of pyridine rings is 1. The first-order chi connectivity index (χ1) is 8.61. The van der Waals surface area contributed by atoms with Crippen LogP contribution in [0.25, 0.3) is 0 Å². The topological polar surface area (TPSA) is 33.2 Å². The highest BCUT2D eigenvalue weighted by Gasteiger charge is 2.24. The number of piperidine rings is 1. The van der Waals surface area contributed by atoms with Gasteiger partial charge in [0.05, 0.1) is 0 Å². The summed E-state index contributed by atoms with van der Waals surface area (Å²) in [6.07, 6.45) is 4.18. The van der Waals surface area contributed by atoms with Crippen molar-refractivity contribution in [2.75, 3.05) is 6.54 Å². The Balaban J connectivity index is 2.24. The third kappa shape index (κ3) is 2.83. The summed E-state index contributed by atoms with van der Waals surface area (Å²) >= 11 is 5.97. The first-order valence-electron chi connectivity index (χ1n) is 6.59. The Hall–Kier alpha value is -1.09. The molecular weight excluding hydrogens is 248 g/mol. The molecule has 1 saturated heterocycles. The molecule has 1 aliphatic rings. The monoisotopic (exact) mass is 266 g/mol. The minimum atomic E-state index is 0.0844. The Labute approximate surface area is 113 Å². The van der Waals surface area contributed by atoms with Crippen LogP contribution in [0, 0.1) is 0 Å². The fraction of sp³-hybridized carbons (Fsp3) is 0.571. The van der Waals surface area contributed by atoms with Crippen molar-refractivity contribution in [3.63, 3.8) is 0 Å². The number of likely N-dealkylation sites (tertiary alicyclic amines) is 1. The number of amides is 1. The minimum absolute atomic E-state index is 0.0844. The zero-order valence-corrected chi connectivity index (χ0v) is 11.7. The predicted octanol–water partition coefficient (Wildman–Crippen LogP) is 3.31. The van der Waals surface area contributed by atoms with Gasteiger partial charge in [0.15, 0.2) is 0 Å². The number of hydrogen-bond acceptors (Lipinski definition) is 2. The quantitative estimate of drug-likeness (QED) is 0.770. The van der Waals surface area contributed by atoms with E-state index in [-0.39, 0.29) is 5.91 Å². The third-order valence-corrected chi connectivity index (χ3v) is 3.71. The maximum atomic E-state index is 12.5. The van der Waals surface area contributed by atoms with Crippen LogP contribution in [0.5, 0.6) is 0 Å². The van der Waals surface area contributed by atoms with Gasteiger partial charge in [-0.15, -0.1) is 0 Å². The molecule has 2 rings (SSSR count). The Morgan fingerprint density at radius 3 is 2.94 bits per heavy atom. The highest BCUT2D eigenvalue weighted by atomic mass is 35.5. The van der Waals surface area contributed by atoms with E-state index >= 15 is 0 Å². The zero-order valence-electron chi connectivity index (χ0n) is 10.9. The van der Waals surface area contributed by atoms with Crippen LogP contribution in [0.4, 0.5) is 0 Å². The molecule has 1 unspecified atom stereocenters. The van der Waals surface area contributed by atoms with Crippen LogP contribution in [-0.4, -0.2) is 28.4 Å². The maximum Gasteiger partial charge on any atom is 0.254 e. The van der Waals surface area contributed by atoms with Crippen molar-refractivity contribution in [2.45, 2.75) is 45.6 Å². The number of hydrogen-bond donors (Lipinski definition) is 0. The van der Waals surface area contributed by atoms with Crippen molar-refractivity contribution in [2.24, 2.45) is 0 Å². The fourth-order valence-electron chi connectivity index (χ4n) is 2.42. The highest BCUT2D eigenvalue weighted by Crippen LogP contribution is 2.20. The van der Waals surface area contributed by atoms with E-state index in [4.69, 9.17) is 11.6 Å². The van der Waals surface area contributed by atoms with E-state index in [0.717, 1.165) is 31.5 Å². The molecule has 18 heavy (non-hydrogen) atoms. The van der Waals surface area contributed by atoms with Gasteiger partial charge in [0, 0.05) is 23.8 Å². The normalized spacial score (nSPS) is 19.9. The summed E-state index contributed by atoms with van der Waals surface area (Å²) in [5.41, 5.74) is 1.54. The fourth-order valence-corrected chi connectivity index (χ4v) is 2.65. The van der Waals surface area contributed by atoms with Gasteiger partial charge in [-0.3, -0.25) is 4.79 Å². The van der Waals surface area contributed by atoms with Crippen LogP contribution in [0.1, 0.15) is 49.2 Å². The molecule has 3 nitrogen and oxygen atoms in total. The second-order valence-electron chi connectivity index (χ2n) is 4.87. The third-order valence-electron chi connectivity index (χ3n) is 3.52. The molecule has 1 aromatic heterocycles. The molecule has 1 amide bonds. The number of carbonyl (C=O) groups excluding carboxylic acids is 1. The van der Waals surface area contributed by atoms with Crippen LogP contribution >= 0.6 is 11.6 Å². The average Bonchev–Trinajstić information content (AvgIpc) is 2.37. The lowest BCUT2D eigenvalue weighted by atomic mass is 10.0. The number of carbonyl (C=O) groups is 1. The Kier molecular flexibility index (Phi) is 4.23. The highest BCUT2D eigenvalue weighted by molar-refractivity contribution is 6.29. The standard InChI is InChI=1S/C14H19ClN2O/c1-3-12-8-11(9-13(15)16-12)14(18)17-7-5-4-6-10(17)2/h8-10H,3-7H2,1-2H3. The van der Waals surface area contributed by atoms with Crippen LogP contribution in [0.3, 0.4) is 0 Å². The molecule has 0 saturated carbocycles. The van der Waals surface area contributed by atoms with Crippen molar-refractivity contribution in [1.82, 2.24) is 9.88 Å². The van der Waals surface area contributed by atoms with Crippen molar-refractivity contribution < 1.29 is 4.79 Å². The molecule has 0 aliphatic carbocycles. The summed E-state index contributed by atoms with van der Waals surface area (Å²) < 4.78 is 0. The number of halogens is 1. The summed E-state index contributed by atoms with van der Waals surface area (Å²) in [6, 6.07) is 3.85. The molecule has 1 fully saturated rings. The van der Waals surface area contributed by atoms with Crippen molar-refractivity contribution in [3.8, 4) is 0 Å². The molecule has 0 spiro atoms. The van der Waals surface area contributed by atoms with Gasteiger partial charge in [-0.25, -0.2) is 4.98 Å². The summed E-state index contributed by atoms with van der Waals surface area (Å²) in [7, 11) is 0. The molecule has 0 radical (unpaired) electrons. The number of nitrogens with zero attached hydrogens (tertiary/aromatic N) is 2. The van der Waals surface area contributed by atoms with Gasteiger partial charge in [-0.2, -0.15) is 0 Å². The predicted molar refractivity (Wildman–Crippen MR) is 73.0 cm³/mol. The van der Waals surface area contributed by atoms with Crippen LogP contribution in [0.2, 0.25) is 5.15 Å². The second-order valence-corrected chi connectivity index (χ2v) is 5.25. The van der Waals surface area contributed by atoms with Gasteiger partial charge in [0.2, 0.25) is 0 Å². The molecule has 0 N–H and O–H groups in total. The Morgan fingerprint density at radius 2 is 2.28 bits per heavy atom. The first-order valence-corrected chi connectivity index (χ1v) is 6.97. The number of aromatic nitrogens is 1. The number of aryl methyl sites for hydroxylation is 1. The minimum Gasteiger partial charge on any atom is -0.336 e. The van der Waals surface area contributed by atoms with Crippen molar-refractivity contribution >= 4 is 17.5 Å². The molecule has 0 bridgehead atoms. The summed E-state index contributed by atoms with van der Waals surface area (Å²) in [5.74, 6) is 0.0844. The summed E-state index contributed by atoms with van der Waals surface area (Å²) in [6.45, 7) is 4.97. The molecule has 0 aromatic carbocycles. The second kappa shape index (κ2) is 5.70. The lowest BCUT2D eigenvalue weighted by Crippen LogP contribution is -2.42. The summed E-state index contributed by atoms with van der Waals surface area (Å²) in [4.78, 5) is 18.6. The van der Waals surface area contributed by atoms with E-state index in [9.17, 15) is 4.79 Å². The zero-order chi connectivity index (χ0) is 13.1. The van der Waals surface area contributed by atoms with Gasteiger partial charge in [-0.1, -0.05) is 18.5 Å². The lowest BCUT2D eigenvalue weighted by Gasteiger charge is -2.33. The van der Waals surface area contributed by atoms with Crippen LogP contribution < -0.4 is 0 Å². The maximum absolute atomic E-state index is 12.5. The van der Waals surface area contributed by atoms with E-state index in [1.807, 2.05) is 17.9 Å². The molecule has 4 heteroatoms. The van der Waals surface area contributed by atoms with Gasteiger partial charge < -0.3 is 4.90 Å². The number of rotatable bonds is 2. The van der Waals surface area contributed by atoms with Crippen LogP contribution in [-0.2, 0) is 6.42 Å². The first kappa shape index (κ1) is 13.3. The smallest absolute Gasteiger partial charge is 0.254 e. The molecule has 2 heterocycles. The SMILES string of the molecule is CCc1cc(C(=O)N2CCCCC2C)cc(Cl)n1. The van der Waals surface area contributed by atoms with Crippen molar-refractivity contribution in [3.05, 3.63) is 28.5 Å². The van der Waals surface area contributed by atoms with Gasteiger partial charge in [0.25, 0.3) is 5.91 Å². The molecule has 1 aliphatic heterocycles. The van der Waals surface area contributed by atoms with Gasteiger partial charge >= 0.3 is 0 Å².